The largest absolute Gasteiger partial charge is 0.343 e. The maximum absolute atomic E-state index is 13.9. The summed E-state index contributed by atoms with van der Waals surface area (Å²) in [5.74, 6) is 0.921. The van der Waals surface area contributed by atoms with Crippen LogP contribution in [0.5, 0.6) is 0 Å². The highest BCUT2D eigenvalue weighted by Crippen LogP contribution is 2.36. The molecule has 7 heteroatoms. The minimum Gasteiger partial charge on any atom is -0.343 e. The minimum atomic E-state index is -0.602. The number of amides is 2. The van der Waals surface area contributed by atoms with Crippen molar-refractivity contribution >= 4 is 17.6 Å². The summed E-state index contributed by atoms with van der Waals surface area (Å²) in [6.45, 7) is 8.66. The van der Waals surface area contributed by atoms with Gasteiger partial charge in [-0.05, 0) is 81.4 Å². The topological polar surface area (TPSA) is 105 Å². The average molecular weight is 541 g/mol. The molecule has 1 heterocycles. The first-order chi connectivity index (χ1) is 18.6. The SMILES string of the molecule is CC(C)C.CN[C@@H](C)C(=O)N[C@H](C(=O)N1C[C@@H](N)C[C@H]1C(=O)C[C@@H]1CCCc2ccccc21)C1CCCCC1. The summed E-state index contributed by atoms with van der Waals surface area (Å²) in [7, 11) is 1.74. The molecule has 2 fully saturated rings. The number of nitrogens with zero attached hydrogens (tertiary/aromatic N) is 1. The van der Waals surface area contributed by atoms with E-state index in [1.54, 1.807) is 18.9 Å². The van der Waals surface area contributed by atoms with Crippen LogP contribution in [0.15, 0.2) is 24.3 Å². The van der Waals surface area contributed by atoms with Gasteiger partial charge in [0.25, 0.3) is 0 Å². The van der Waals surface area contributed by atoms with E-state index in [4.69, 9.17) is 5.73 Å². The molecule has 4 rings (SSSR count). The predicted molar refractivity (Wildman–Crippen MR) is 157 cm³/mol. The van der Waals surface area contributed by atoms with E-state index in [1.165, 1.54) is 11.1 Å². The van der Waals surface area contributed by atoms with Gasteiger partial charge in [0.05, 0.1) is 12.1 Å². The van der Waals surface area contributed by atoms with Gasteiger partial charge in [-0.1, -0.05) is 64.3 Å². The molecule has 1 saturated heterocycles. The molecule has 3 aliphatic rings. The third kappa shape index (κ3) is 8.62. The number of hydrogen-bond acceptors (Lipinski definition) is 5. The number of carbonyl (C=O) groups is 3. The van der Waals surface area contributed by atoms with Crippen molar-refractivity contribution in [1.29, 1.82) is 0 Å². The highest BCUT2D eigenvalue weighted by molar-refractivity contribution is 5.94. The van der Waals surface area contributed by atoms with Gasteiger partial charge in [0.1, 0.15) is 6.04 Å². The maximum Gasteiger partial charge on any atom is 0.246 e. The Bertz CT molecular complexity index is 956. The Hall–Kier alpha value is -2.25. The standard InChI is InChI=1S/C28H42N4O3.C4H10/c1-18(30-2)27(34)31-26(20-10-4-3-5-11-20)28(35)32-17-22(29)16-24(32)25(33)15-21-13-8-12-19-9-6-7-14-23(19)21;1-4(2)3/h6-7,9,14,18,20-22,24,26,30H,3-5,8,10-13,15-17,29H2,1-2H3,(H,31,34);4H,1-3H3/t18-,21-,22-,24-,26-;/m0./s1. The second-order valence-electron chi connectivity index (χ2n) is 12.6. The maximum atomic E-state index is 13.9. The van der Waals surface area contributed by atoms with Crippen LogP contribution in [0.4, 0.5) is 0 Å². The number of nitrogens with two attached hydrogens (primary N) is 1. The third-order valence-corrected chi connectivity index (χ3v) is 8.44. The predicted octanol–water partition coefficient (Wildman–Crippen LogP) is 4.33. The van der Waals surface area contributed by atoms with Crippen molar-refractivity contribution in [2.24, 2.45) is 17.6 Å². The molecule has 0 aromatic heterocycles. The number of likely N-dealkylation sites (tertiary alicyclic amines) is 1. The zero-order valence-electron chi connectivity index (χ0n) is 24.9. The van der Waals surface area contributed by atoms with Gasteiger partial charge in [-0.25, -0.2) is 0 Å². The van der Waals surface area contributed by atoms with Crippen LogP contribution in [-0.4, -0.2) is 60.3 Å². The van der Waals surface area contributed by atoms with Crippen molar-refractivity contribution in [2.75, 3.05) is 13.6 Å². The summed E-state index contributed by atoms with van der Waals surface area (Å²) in [5, 5.41) is 6.00. The summed E-state index contributed by atoms with van der Waals surface area (Å²) in [4.78, 5) is 42.0. The zero-order valence-corrected chi connectivity index (χ0v) is 24.9. The van der Waals surface area contributed by atoms with E-state index >= 15 is 0 Å². The van der Waals surface area contributed by atoms with Gasteiger partial charge < -0.3 is 21.3 Å². The van der Waals surface area contributed by atoms with E-state index in [0.29, 0.717) is 19.4 Å². The molecular formula is C32H52N4O3. The van der Waals surface area contributed by atoms with Crippen molar-refractivity contribution in [3.63, 3.8) is 0 Å². The lowest BCUT2D eigenvalue weighted by Crippen LogP contribution is -2.57. The number of ketones is 1. The number of nitrogens with one attached hydrogen (secondary N) is 2. The van der Waals surface area contributed by atoms with Crippen LogP contribution in [0.25, 0.3) is 0 Å². The highest BCUT2D eigenvalue weighted by atomic mass is 16.2. The first kappa shape index (κ1) is 31.3. The summed E-state index contributed by atoms with van der Waals surface area (Å²) in [6.07, 6.45) is 9.21. The third-order valence-electron chi connectivity index (χ3n) is 8.44. The van der Waals surface area contributed by atoms with Crippen LogP contribution in [0, 0.1) is 11.8 Å². The summed E-state index contributed by atoms with van der Waals surface area (Å²) >= 11 is 0. The van der Waals surface area contributed by atoms with Gasteiger partial charge in [-0.3, -0.25) is 14.4 Å². The Labute approximate surface area is 236 Å². The second kappa shape index (κ2) is 14.9. The average Bonchev–Trinajstić information content (AvgIpc) is 3.33. The molecule has 4 N–H and O–H groups in total. The van der Waals surface area contributed by atoms with Gasteiger partial charge >= 0.3 is 0 Å². The van der Waals surface area contributed by atoms with Gasteiger partial charge in [0.15, 0.2) is 5.78 Å². The number of hydrogen-bond donors (Lipinski definition) is 3. The first-order valence-electron chi connectivity index (χ1n) is 15.3. The lowest BCUT2D eigenvalue weighted by molar-refractivity contribution is -0.142. The summed E-state index contributed by atoms with van der Waals surface area (Å²) in [6, 6.07) is 6.71. The van der Waals surface area contributed by atoms with Crippen LogP contribution < -0.4 is 16.4 Å². The van der Waals surface area contributed by atoms with Crippen molar-refractivity contribution in [3.05, 3.63) is 35.4 Å². The Balaban J connectivity index is 0.000000983. The van der Waals surface area contributed by atoms with E-state index in [-0.39, 0.29) is 35.5 Å². The lowest BCUT2D eigenvalue weighted by Gasteiger charge is -2.35. The molecule has 1 saturated carbocycles. The van der Waals surface area contributed by atoms with Gasteiger partial charge in [0.2, 0.25) is 11.8 Å². The molecule has 7 nitrogen and oxygen atoms in total. The molecule has 2 aliphatic carbocycles. The quantitative estimate of drug-likeness (QED) is 0.455. The number of benzene rings is 1. The van der Waals surface area contributed by atoms with Crippen molar-refractivity contribution in [2.45, 2.75) is 122 Å². The molecule has 0 radical (unpaired) electrons. The fourth-order valence-electron chi connectivity index (χ4n) is 6.30. The number of aryl methyl sites for hydroxylation is 1. The minimum absolute atomic E-state index is 0.0991. The summed E-state index contributed by atoms with van der Waals surface area (Å²) < 4.78 is 0. The fraction of sp³-hybridized carbons (Fsp3) is 0.719. The molecule has 1 aromatic carbocycles. The molecule has 0 spiro atoms. The molecule has 5 atom stereocenters. The molecule has 2 amide bonds. The normalized spacial score (nSPS) is 24.8. The van der Waals surface area contributed by atoms with Crippen LogP contribution in [0.3, 0.4) is 0 Å². The van der Waals surface area contributed by atoms with E-state index in [1.807, 2.05) is 6.07 Å². The zero-order chi connectivity index (χ0) is 28.5. The molecule has 39 heavy (non-hydrogen) atoms. The van der Waals surface area contributed by atoms with Crippen LogP contribution in [0.2, 0.25) is 0 Å². The van der Waals surface area contributed by atoms with E-state index in [9.17, 15) is 14.4 Å². The fourth-order valence-corrected chi connectivity index (χ4v) is 6.30. The van der Waals surface area contributed by atoms with Crippen LogP contribution in [0.1, 0.15) is 103 Å². The van der Waals surface area contributed by atoms with E-state index in [0.717, 1.165) is 57.3 Å². The second-order valence-corrected chi connectivity index (χ2v) is 12.6. The number of fused-ring (bicyclic) bond motifs is 1. The molecule has 218 valence electrons. The number of likely N-dealkylation sites (N-methyl/N-ethyl adjacent to an activating group) is 1. The Morgan fingerprint density at radius 2 is 1.67 bits per heavy atom. The number of Topliss-reactive ketones (excluding diaryl/α,β-unsaturated/α-hetero) is 1. The highest BCUT2D eigenvalue weighted by Gasteiger charge is 2.43. The van der Waals surface area contributed by atoms with Crippen LogP contribution in [-0.2, 0) is 20.8 Å². The van der Waals surface area contributed by atoms with Gasteiger partial charge in [0, 0.05) is 19.0 Å². The van der Waals surface area contributed by atoms with E-state index < -0.39 is 18.1 Å². The smallest absolute Gasteiger partial charge is 0.246 e. The van der Waals surface area contributed by atoms with Gasteiger partial charge in [-0.2, -0.15) is 0 Å². The van der Waals surface area contributed by atoms with Crippen molar-refractivity contribution in [1.82, 2.24) is 15.5 Å². The number of rotatable bonds is 8. The van der Waals surface area contributed by atoms with E-state index in [2.05, 4.69) is 49.6 Å². The number of carbonyl (C=O) groups excluding carboxylic acids is 3. The monoisotopic (exact) mass is 540 g/mol. The van der Waals surface area contributed by atoms with Gasteiger partial charge in [-0.15, -0.1) is 0 Å². The molecule has 1 aromatic rings. The molecule has 0 bridgehead atoms. The first-order valence-corrected chi connectivity index (χ1v) is 15.3. The Kier molecular flexibility index (Phi) is 12.0. The lowest BCUT2D eigenvalue weighted by atomic mass is 9.79. The summed E-state index contributed by atoms with van der Waals surface area (Å²) in [5.41, 5.74) is 8.92. The molecule has 0 unspecified atom stereocenters. The van der Waals surface area contributed by atoms with Crippen LogP contribution >= 0.6 is 0 Å². The Morgan fingerprint density at radius 3 is 2.33 bits per heavy atom. The van der Waals surface area contributed by atoms with Crippen molar-refractivity contribution < 1.29 is 14.4 Å². The molecule has 1 aliphatic heterocycles. The van der Waals surface area contributed by atoms with Crippen molar-refractivity contribution in [3.8, 4) is 0 Å². The molecular weight excluding hydrogens is 488 g/mol. The Morgan fingerprint density at radius 1 is 1.00 bits per heavy atom.